The molecule has 0 aliphatic carbocycles. The lowest BCUT2D eigenvalue weighted by atomic mass is 10.1. The molecule has 0 radical (unpaired) electrons. The van der Waals surface area contributed by atoms with Gasteiger partial charge >= 0.3 is 18.1 Å². The van der Waals surface area contributed by atoms with Crippen molar-refractivity contribution in [3.63, 3.8) is 0 Å². The van der Waals surface area contributed by atoms with Crippen molar-refractivity contribution in [1.82, 2.24) is 4.57 Å². The number of alkyl halides is 3. The summed E-state index contributed by atoms with van der Waals surface area (Å²) in [6, 6.07) is 2.95. The normalized spacial score (nSPS) is 11.3. The molecular formula is C17H17F3N2O4. The topological polar surface area (TPSA) is 83.5 Å². The predicted octanol–water partition coefficient (Wildman–Crippen LogP) is 3.43. The SMILES string of the molecule is CCOC(=O)c1cn(-c2cc(N)cc(C(F)(F)F)c2)cc1C(=O)OCC. The van der Waals surface area contributed by atoms with Crippen molar-refractivity contribution < 1.29 is 32.2 Å². The summed E-state index contributed by atoms with van der Waals surface area (Å²) >= 11 is 0. The maximum absolute atomic E-state index is 13.0. The Balaban J connectivity index is 2.57. The molecule has 0 atom stereocenters. The number of nitrogen functional groups attached to an aromatic ring is 1. The molecule has 0 aliphatic heterocycles. The second-order valence-corrected chi connectivity index (χ2v) is 5.24. The number of halogens is 3. The van der Waals surface area contributed by atoms with Gasteiger partial charge < -0.3 is 19.8 Å². The fourth-order valence-corrected chi connectivity index (χ4v) is 2.29. The maximum Gasteiger partial charge on any atom is 0.416 e. The number of carbonyl (C=O) groups is 2. The molecule has 2 aromatic rings. The molecule has 6 nitrogen and oxygen atoms in total. The Bertz CT molecular complexity index is 792. The van der Waals surface area contributed by atoms with Crippen molar-refractivity contribution in [3.05, 3.63) is 47.3 Å². The van der Waals surface area contributed by atoms with Gasteiger partial charge in [-0.2, -0.15) is 13.2 Å². The van der Waals surface area contributed by atoms with Gasteiger partial charge in [-0.15, -0.1) is 0 Å². The number of hydrogen-bond donors (Lipinski definition) is 1. The lowest BCUT2D eigenvalue weighted by Crippen LogP contribution is -2.11. The highest BCUT2D eigenvalue weighted by Crippen LogP contribution is 2.32. The number of rotatable bonds is 5. The largest absolute Gasteiger partial charge is 0.462 e. The Morgan fingerprint density at radius 1 is 1.00 bits per heavy atom. The number of anilines is 1. The van der Waals surface area contributed by atoms with Crippen LogP contribution in [0.3, 0.4) is 0 Å². The van der Waals surface area contributed by atoms with E-state index >= 15 is 0 Å². The van der Waals surface area contributed by atoms with Crippen LogP contribution in [0.2, 0.25) is 0 Å². The van der Waals surface area contributed by atoms with Crippen LogP contribution in [-0.4, -0.2) is 29.7 Å². The van der Waals surface area contributed by atoms with Gasteiger partial charge in [-0.1, -0.05) is 0 Å². The molecule has 1 heterocycles. The molecule has 0 bridgehead atoms. The second-order valence-electron chi connectivity index (χ2n) is 5.24. The summed E-state index contributed by atoms with van der Waals surface area (Å²) in [4.78, 5) is 24.1. The van der Waals surface area contributed by atoms with Crippen molar-refractivity contribution in [2.24, 2.45) is 0 Å². The lowest BCUT2D eigenvalue weighted by Gasteiger charge is -2.11. The van der Waals surface area contributed by atoms with Gasteiger partial charge in [-0.3, -0.25) is 0 Å². The zero-order chi connectivity index (χ0) is 19.5. The highest BCUT2D eigenvalue weighted by molar-refractivity contribution is 6.03. The van der Waals surface area contributed by atoms with Crippen LogP contribution in [0.15, 0.2) is 30.6 Å². The molecule has 1 aromatic carbocycles. The summed E-state index contributed by atoms with van der Waals surface area (Å²) in [5, 5.41) is 0. The van der Waals surface area contributed by atoms with Crippen LogP contribution in [0.4, 0.5) is 18.9 Å². The molecule has 2 rings (SSSR count). The van der Waals surface area contributed by atoms with E-state index < -0.39 is 23.7 Å². The monoisotopic (exact) mass is 370 g/mol. The average molecular weight is 370 g/mol. The van der Waals surface area contributed by atoms with Crippen LogP contribution >= 0.6 is 0 Å². The first kappa shape index (κ1) is 19.4. The number of hydrogen-bond acceptors (Lipinski definition) is 5. The van der Waals surface area contributed by atoms with Gasteiger partial charge in [0.1, 0.15) is 0 Å². The molecule has 0 saturated heterocycles. The number of nitrogens with zero attached hydrogens (tertiary/aromatic N) is 1. The van der Waals surface area contributed by atoms with Crippen LogP contribution < -0.4 is 5.73 Å². The highest BCUT2D eigenvalue weighted by atomic mass is 19.4. The number of aromatic nitrogens is 1. The Morgan fingerprint density at radius 2 is 1.50 bits per heavy atom. The van der Waals surface area contributed by atoms with Crippen molar-refractivity contribution in [2.75, 3.05) is 18.9 Å². The van der Waals surface area contributed by atoms with E-state index in [-0.39, 0.29) is 35.7 Å². The number of nitrogens with two attached hydrogens (primary N) is 1. The van der Waals surface area contributed by atoms with Crippen LogP contribution in [0.25, 0.3) is 5.69 Å². The van der Waals surface area contributed by atoms with Crippen molar-refractivity contribution in [1.29, 1.82) is 0 Å². The standard InChI is InChI=1S/C17H17F3N2O4/c1-3-25-15(23)13-8-22(9-14(13)16(24)26-4-2)12-6-10(17(18,19)20)5-11(21)7-12/h5-9H,3-4,21H2,1-2H3. The fraction of sp³-hybridized carbons (Fsp3) is 0.294. The van der Waals surface area contributed by atoms with E-state index in [9.17, 15) is 22.8 Å². The van der Waals surface area contributed by atoms with E-state index in [1.807, 2.05) is 0 Å². The van der Waals surface area contributed by atoms with E-state index in [2.05, 4.69) is 0 Å². The third kappa shape index (κ3) is 4.16. The van der Waals surface area contributed by atoms with Gasteiger partial charge in [0.2, 0.25) is 0 Å². The van der Waals surface area contributed by atoms with E-state index in [1.165, 1.54) is 23.0 Å². The van der Waals surface area contributed by atoms with Gasteiger partial charge in [0.15, 0.2) is 0 Å². The molecule has 0 unspecified atom stereocenters. The number of carbonyl (C=O) groups excluding carboxylic acids is 2. The Kier molecular flexibility index (Phi) is 5.59. The molecule has 1 aromatic heterocycles. The van der Waals surface area contributed by atoms with Crippen LogP contribution in [0.5, 0.6) is 0 Å². The van der Waals surface area contributed by atoms with E-state index in [0.29, 0.717) is 0 Å². The molecule has 0 saturated carbocycles. The Labute approximate surface area is 147 Å². The summed E-state index contributed by atoms with van der Waals surface area (Å²) in [7, 11) is 0. The third-order valence-corrected chi connectivity index (χ3v) is 3.38. The maximum atomic E-state index is 13.0. The summed E-state index contributed by atoms with van der Waals surface area (Å²) < 4.78 is 49.9. The minimum atomic E-state index is -4.59. The zero-order valence-corrected chi connectivity index (χ0v) is 14.1. The average Bonchev–Trinajstić information content (AvgIpc) is 2.99. The highest BCUT2D eigenvalue weighted by Gasteiger charge is 2.31. The number of ether oxygens (including phenoxy) is 2. The molecular weight excluding hydrogens is 353 g/mol. The van der Waals surface area contributed by atoms with Crippen molar-refractivity contribution >= 4 is 17.6 Å². The molecule has 0 amide bonds. The van der Waals surface area contributed by atoms with Crippen LogP contribution in [-0.2, 0) is 15.7 Å². The lowest BCUT2D eigenvalue weighted by molar-refractivity contribution is -0.137. The first-order chi connectivity index (χ1) is 12.2. The van der Waals surface area contributed by atoms with E-state index in [0.717, 1.165) is 12.1 Å². The van der Waals surface area contributed by atoms with E-state index in [1.54, 1.807) is 13.8 Å². The Morgan fingerprint density at radius 3 is 1.92 bits per heavy atom. The summed E-state index contributed by atoms with van der Waals surface area (Å²) in [5.41, 5.74) is 4.32. The molecule has 0 aliphatic rings. The van der Waals surface area contributed by atoms with Crippen molar-refractivity contribution in [3.8, 4) is 5.69 Å². The summed E-state index contributed by atoms with van der Waals surface area (Å²) in [6.07, 6.45) is -2.18. The first-order valence-corrected chi connectivity index (χ1v) is 7.71. The first-order valence-electron chi connectivity index (χ1n) is 7.71. The zero-order valence-electron chi connectivity index (χ0n) is 14.1. The van der Waals surface area contributed by atoms with Gasteiger partial charge in [0, 0.05) is 23.8 Å². The summed E-state index contributed by atoms with van der Waals surface area (Å²) in [5.74, 6) is -1.57. The quantitative estimate of drug-likeness (QED) is 0.644. The fourth-order valence-electron chi connectivity index (χ4n) is 2.29. The van der Waals surface area contributed by atoms with Crippen LogP contribution in [0.1, 0.15) is 40.1 Å². The smallest absolute Gasteiger partial charge is 0.416 e. The van der Waals surface area contributed by atoms with Gasteiger partial charge in [-0.25, -0.2) is 9.59 Å². The number of benzene rings is 1. The second kappa shape index (κ2) is 7.51. The predicted molar refractivity (Wildman–Crippen MR) is 87.1 cm³/mol. The molecule has 2 N–H and O–H groups in total. The van der Waals surface area contributed by atoms with Gasteiger partial charge in [-0.05, 0) is 32.0 Å². The van der Waals surface area contributed by atoms with E-state index in [4.69, 9.17) is 15.2 Å². The molecule has 0 fully saturated rings. The van der Waals surface area contributed by atoms with Crippen LogP contribution in [0, 0.1) is 0 Å². The minimum Gasteiger partial charge on any atom is -0.462 e. The number of esters is 2. The molecule has 26 heavy (non-hydrogen) atoms. The summed E-state index contributed by atoms with van der Waals surface area (Å²) in [6.45, 7) is 3.32. The van der Waals surface area contributed by atoms with Gasteiger partial charge in [0.25, 0.3) is 0 Å². The molecule has 9 heteroatoms. The third-order valence-electron chi connectivity index (χ3n) is 3.38. The van der Waals surface area contributed by atoms with Gasteiger partial charge in [0.05, 0.1) is 29.9 Å². The van der Waals surface area contributed by atoms with Crippen molar-refractivity contribution in [2.45, 2.75) is 20.0 Å². The Hall–Kier alpha value is -2.97. The minimum absolute atomic E-state index is 0.0402. The molecule has 140 valence electrons. The molecule has 0 spiro atoms.